The lowest BCUT2D eigenvalue weighted by Crippen LogP contribution is -2.28. The second kappa shape index (κ2) is 6.05. The largest absolute Gasteiger partial charge is 0.479 e. The van der Waals surface area contributed by atoms with Gasteiger partial charge >= 0.3 is 5.97 Å². The van der Waals surface area contributed by atoms with E-state index in [0.717, 1.165) is 5.56 Å². The first-order valence-corrected chi connectivity index (χ1v) is 6.16. The summed E-state index contributed by atoms with van der Waals surface area (Å²) in [6.07, 6.45) is -0.652. The van der Waals surface area contributed by atoms with E-state index in [1.54, 1.807) is 19.1 Å². The summed E-state index contributed by atoms with van der Waals surface area (Å²) in [4.78, 5) is 11.9. The summed E-state index contributed by atoms with van der Waals surface area (Å²) in [5.41, 5.74) is 0.988. The maximum Gasteiger partial charge on any atom is 0.352 e. The van der Waals surface area contributed by atoms with Crippen molar-refractivity contribution >= 4 is 5.97 Å². The molecule has 0 saturated heterocycles. The third kappa shape index (κ3) is 3.58. The Morgan fingerprint density at radius 2 is 1.63 bits per heavy atom. The summed E-state index contributed by atoms with van der Waals surface area (Å²) in [5, 5.41) is 0. The minimum Gasteiger partial charge on any atom is -0.479 e. The molecular formula is C16H16O3. The van der Waals surface area contributed by atoms with E-state index in [1.165, 1.54) is 0 Å². The molecule has 3 heteroatoms. The molecule has 0 spiro atoms. The lowest BCUT2D eigenvalue weighted by Gasteiger charge is -2.15. The number of aryl methyl sites for hydroxylation is 1. The second-order valence-electron chi connectivity index (χ2n) is 4.26. The van der Waals surface area contributed by atoms with Crippen molar-refractivity contribution in [1.82, 2.24) is 0 Å². The Kier molecular flexibility index (Phi) is 4.18. The Balaban J connectivity index is 1.98. The van der Waals surface area contributed by atoms with Crippen LogP contribution in [0, 0.1) is 6.92 Å². The topological polar surface area (TPSA) is 35.5 Å². The fraction of sp³-hybridized carbons (Fsp3) is 0.188. The quantitative estimate of drug-likeness (QED) is 0.621. The van der Waals surface area contributed by atoms with E-state index in [1.807, 2.05) is 49.4 Å². The molecule has 0 aliphatic carbocycles. The number of carbonyl (C=O) groups is 1. The molecule has 0 amide bonds. The molecule has 0 unspecified atom stereocenters. The van der Waals surface area contributed by atoms with Crippen molar-refractivity contribution in [3.8, 4) is 11.5 Å². The molecule has 3 nitrogen and oxygen atoms in total. The number of ether oxygens (including phenoxy) is 2. The van der Waals surface area contributed by atoms with Crippen LogP contribution in [0.15, 0.2) is 54.6 Å². The van der Waals surface area contributed by atoms with Crippen molar-refractivity contribution in [2.75, 3.05) is 0 Å². The van der Waals surface area contributed by atoms with Crippen LogP contribution in [0.1, 0.15) is 12.5 Å². The Labute approximate surface area is 112 Å². The number of esters is 1. The summed E-state index contributed by atoms with van der Waals surface area (Å²) in [6, 6.07) is 16.5. The van der Waals surface area contributed by atoms with Gasteiger partial charge in [0, 0.05) is 0 Å². The molecule has 0 aromatic heterocycles. The van der Waals surface area contributed by atoms with Crippen molar-refractivity contribution < 1.29 is 14.3 Å². The number of hydrogen-bond donors (Lipinski definition) is 0. The SMILES string of the molecule is Cc1ccccc1O[C@H](C)C(=O)Oc1ccccc1. The molecule has 2 aromatic rings. The van der Waals surface area contributed by atoms with Crippen LogP contribution in [0.3, 0.4) is 0 Å². The van der Waals surface area contributed by atoms with E-state index in [0.29, 0.717) is 11.5 Å². The predicted molar refractivity (Wildman–Crippen MR) is 73.3 cm³/mol. The summed E-state index contributed by atoms with van der Waals surface area (Å²) < 4.78 is 10.8. The Bertz CT molecular complexity index is 549. The number of hydrogen-bond acceptors (Lipinski definition) is 3. The van der Waals surface area contributed by atoms with E-state index < -0.39 is 12.1 Å². The number of benzene rings is 2. The van der Waals surface area contributed by atoms with Gasteiger partial charge in [-0.2, -0.15) is 0 Å². The van der Waals surface area contributed by atoms with Crippen molar-refractivity contribution in [2.45, 2.75) is 20.0 Å². The van der Waals surface area contributed by atoms with Gasteiger partial charge in [-0.3, -0.25) is 0 Å². The molecule has 0 aliphatic rings. The van der Waals surface area contributed by atoms with Crippen molar-refractivity contribution in [3.05, 3.63) is 60.2 Å². The number of para-hydroxylation sites is 2. The van der Waals surface area contributed by atoms with Crippen LogP contribution in [0.4, 0.5) is 0 Å². The first-order valence-electron chi connectivity index (χ1n) is 6.16. The molecular weight excluding hydrogens is 240 g/mol. The van der Waals surface area contributed by atoms with Gasteiger partial charge in [0.25, 0.3) is 0 Å². The highest BCUT2D eigenvalue weighted by Crippen LogP contribution is 2.18. The zero-order valence-corrected chi connectivity index (χ0v) is 11.0. The Hall–Kier alpha value is -2.29. The monoisotopic (exact) mass is 256 g/mol. The van der Waals surface area contributed by atoms with Gasteiger partial charge in [0.15, 0.2) is 6.10 Å². The lowest BCUT2D eigenvalue weighted by atomic mass is 10.2. The van der Waals surface area contributed by atoms with E-state index >= 15 is 0 Å². The van der Waals surface area contributed by atoms with Gasteiger partial charge in [-0.15, -0.1) is 0 Å². The lowest BCUT2D eigenvalue weighted by molar-refractivity contribution is -0.141. The highest BCUT2D eigenvalue weighted by molar-refractivity contribution is 5.77. The zero-order chi connectivity index (χ0) is 13.7. The van der Waals surface area contributed by atoms with Gasteiger partial charge in [0.05, 0.1) is 0 Å². The van der Waals surface area contributed by atoms with Crippen LogP contribution in [-0.4, -0.2) is 12.1 Å². The van der Waals surface area contributed by atoms with Gasteiger partial charge in [-0.25, -0.2) is 4.79 Å². The first kappa shape index (κ1) is 13.1. The Morgan fingerprint density at radius 3 is 2.32 bits per heavy atom. The number of rotatable bonds is 4. The average Bonchev–Trinajstić information content (AvgIpc) is 2.42. The summed E-state index contributed by atoms with van der Waals surface area (Å²) in [7, 11) is 0. The molecule has 0 fully saturated rings. The highest BCUT2D eigenvalue weighted by Gasteiger charge is 2.17. The van der Waals surface area contributed by atoms with E-state index in [9.17, 15) is 4.79 Å². The van der Waals surface area contributed by atoms with Crippen LogP contribution in [0.5, 0.6) is 11.5 Å². The molecule has 98 valence electrons. The fourth-order valence-corrected chi connectivity index (χ4v) is 1.61. The normalized spacial score (nSPS) is 11.7. The van der Waals surface area contributed by atoms with Crippen LogP contribution >= 0.6 is 0 Å². The van der Waals surface area contributed by atoms with Crippen LogP contribution < -0.4 is 9.47 Å². The number of carbonyl (C=O) groups excluding carboxylic acids is 1. The van der Waals surface area contributed by atoms with Crippen molar-refractivity contribution in [2.24, 2.45) is 0 Å². The van der Waals surface area contributed by atoms with Crippen molar-refractivity contribution in [1.29, 1.82) is 0 Å². The van der Waals surface area contributed by atoms with E-state index in [2.05, 4.69) is 0 Å². The van der Waals surface area contributed by atoms with Crippen LogP contribution in [0.2, 0.25) is 0 Å². The third-order valence-electron chi connectivity index (χ3n) is 2.69. The highest BCUT2D eigenvalue weighted by atomic mass is 16.6. The molecule has 1 atom stereocenters. The van der Waals surface area contributed by atoms with Crippen molar-refractivity contribution in [3.63, 3.8) is 0 Å². The van der Waals surface area contributed by atoms with Gasteiger partial charge in [-0.05, 0) is 37.6 Å². The molecule has 0 radical (unpaired) electrons. The Morgan fingerprint density at radius 1 is 1.00 bits per heavy atom. The van der Waals surface area contributed by atoms with E-state index in [-0.39, 0.29) is 0 Å². The molecule has 0 aliphatic heterocycles. The zero-order valence-electron chi connectivity index (χ0n) is 11.0. The second-order valence-corrected chi connectivity index (χ2v) is 4.26. The van der Waals surface area contributed by atoms with Gasteiger partial charge in [0.2, 0.25) is 0 Å². The molecule has 0 N–H and O–H groups in total. The minimum atomic E-state index is -0.652. The smallest absolute Gasteiger partial charge is 0.352 e. The minimum absolute atomic E-state index is 0.408. The fourth-order valence-electron chi connectivity index (χ4n) is 1.61. The average molecular weight is 256 g/mol. The van der Waals surface area contributed by atoms with Gasteiger partial charge in [0.1, 0.15) is 11.5 Å². The van der Waals surface area contributed by atoms with Gasteiger partial charge < -0.3 is 9.47 Å². The third-order valence-corrected chi connectivity index (χ3v) is 2.69. The maximum absolute atomic E-state index is 11.9. The molecule has 0 heterocycles. The standard InChI is InChI=1S/C16H16O3/c1-12-8-6-7-11-15(12)18-13(2)16(17)19-14-9-4-3-5-10-14/h3-11,13H,1-2H3/t13-/m1/s1. The predicted octanol–water partition coefficient (Wildman–Crippen LogP) is 3.37. The summed E-state index contributed by atoms with van der Waals surface area (Å²) >= 11 is 0. The molecule has 0 saturated carbocycles. The molecule has 0 bridgehead atoms. The summed E-state index contributed by atoms with van der Waals surface area (Å²) in [6.45, 7) is 3.61. The van der Waals surface area contributed by atoms with Crippen LogP contribution in [-0.2, 0) is 4.79 Å². The molecule has 19 heavy (non-hydrogen) atoms. The van der Waals surface area contributed by atoms with E-state index in [4.69, 9.17) is 9.47 Å². The maximum atomic E-state index is 11.9. The van der Waals surface area contributed by atoms with Crippen LogP contribution in [0.25, 0.3) is 0 Å². The summed E-state index contributed by atoms with van der Waals surface area (Å²) in [5.74, 6) is 0.808. The first-order chi connectivity index (χ1) is 9.16. The molecule has 2 rings (SSSR count). The molecule has 2 aromatic carbocycles. The van der Waals surface area contributed by atoms with Gasteiger partial charge in [-0.1, -0.05) is 36.4 Å².